The molecule has 160 valence electrons. The fourth-order valence-electron chi connectivity index (χ4n) is 2.85. The van der Waals surface area contributed by atoms with Crippen molar-refractivity contribution in [3.8, 4) is 11.5 Å². The fourth-order valence-corrected chi connectivity index (χ4v) is 3.56. The number of hydrazone groups is 1. The van der Waals surface area contributed by atoms with Crippen LogP contribution >= 0.6 is 27.5 Å². The molecule has 0 aliphatic carbocycles. The molecule has 7 heteroatoms. The first-order valence-electron chi connectivity index (χ1n) is 9.70. The Morgan fingerprint density at radius 3 is 2.58 bits per heavy atom. The van der Waals surface area contributed by atoms with Gasteiger partial charge < -0.3 is 9.47 Å². The Kier molecular flexibility index (Phi) is 8.09. The molecule has 3 aromatic rings. The maximum absolute atomic E-state index is 12.3. The van der Waals surface area contributed by atoms with Crippen LogP contribution in [0.1, 0.15) is 34.0 Å². The molecule has 1 N–H and O–H groups in total. The van der Waals surface area contributed by atoms with Gasteiger partial charge in [-0.3, -0.25) is 4.79 Å². The van der Waals surface area contributed by atoms with E-state index in [1.165, 1.54) is 0 Å². The van der Waals surface area contributed by atoms with Gasteiger partial charge in [0.15, 0.2) is 11.5 Å². The molecule has 31 heavy (non-hydrogen) atoms. The molecule has 0 fully saturated rings. The van der Waals surface area contributed by atoms with Gasteiger partial charge in [-0.1, -0.05) is 41.9 Å². The van der Waals surface area contributed by atoms with Crippen LogP contribution in [0, 0.1) is 6.92 Å². The predicted molar refractivity (Wildman–Crippen MR) is 127 cm³/mol. The molecule has 0 saturated heterocycles. The number of amides is 1. The van der Waals surface area contributed by atoms with Crippen LogP contribution in [0.4, 0.5) is 0 Å². The summed E-state index contributed by atoms with van der Waals surface area (Å²) in [7, 11) is 0. The minimum absolute atomic E-state index is 0.263. The van der Waals surface area contributed by atoms with Crippen LogP contribution in [0.2, 0.25) is 5.02 Å². The monoisotopic (exact) mass is 500 g/mol. The molecule has 0 atom stereocenters. The Morgan fingerprint density at radius 2 is 1.87 bits per heavy atom. The van der Waals surface area contributed by atoms with Gasteiger partial charge >= 0.3 is 0 Å². The third-order valence-corrected chi connectivity index (χ3v) is 5.24. The zero-order valence-electron chi connectivity index (χ0n) is 17.2. The molecule has 0 spiro atoms. The van der Waals surface area contributed by atoms with Crippen molar-refractivity contribution in [2.45, 2.75) is 20.5 Å². The second kappa shape index (κ2) is 11.0. The van der Waals surface area contributed by atoms with Crippen molar-refractivity contribution in [2.75, 3.05) is 6.61 Å². The number of hydrogen-bond acceptors (Lipinski definition) is 4. The number of carbonyl (C=O) groups is 1. The Bertz CT molecular complexity index is 1080. The normalized spacial score (nSPS) is 10.8. The highest BCUT2D eigenvalue weighted by atomic mass is 79.9. The summed E-state index contributed by atoms with van der Waals surface area (Å²) in [5.41, 5.74) is 5.77. The van der Waals surface area contributed by atoms with Gasteiger partial charge in [0.2, 0.25) is 0 Å². The summed E-state index contributed by atoms with van der Waals surface area (Å²) < 4.78 is 12.5. The molecule has 3 rings (SSSR count). The number of carbonyl (C=O) groups excluding carboxylic acids is 1. The summed E-state index contributed by atoms with van der Waals surface area (Å²) in [6.07, 6.45) is 1.56. The maximum atomic E-state index is 12.3. The lowest BCUT2D eigenvalue weighted by Crippen LogP contribution is -2.18. The van der Waals surface area contributed by atoms with Crippen molar-refractivity contribution < 1.29 is 14.3 Å². The largest absolute Gasteiger partial charge is 0.490 e. The molecule has 0 heterocycles. The molecule has 3 aromatic carbocycles. The summed E-state index contributed by atoms with van der Waals surface area (Å²) in [6, 6.07) is 18.5. The number of benzene rings is 3. The van der Waals surface area contributed by atoms with Crippen molar-refractivity contribution >= 4 is 39.7 Å². The minimum atomic E-state index is -0.263. The number of aryl methyl sites for hydroxylation is 1. The van der Waals surface area contributed by atoms with Crippen molar-refractivity contribution in [3.63, 3.8) is 0 Å². The average molecular weight is 502 g/mol. The Morgan fingerprint density at radius 1 is 1.13 bits per heavy atom. The van der Waals surface area contributed by atoms with E-state index in [0.717, 1.165) is 21.2 Å². The van der Waals surface area contributed by atoms with Gasteiger partial charge in [-0.05, 0) is 76.8 Å². The molecule has 0 bridgehead atoms. The van der Waals surface area contributed by atoms with E-state index in [1.54, 1.807) is 12.3 Å². The topological polar surface area (TPSA) is 59.9 Å². The van der Waals surface area contributed by atoms with E-state index in [9.17, 15) is 4.79 Å². The first kappa shape index (κ1) is 22.8. The van der Waals surface area contributed by atoms with E-state index in [0.29, 0.717) is 35.3 Å². The molecule has 5 nitrogen and oxygen atoms in total. The van der Waals surface area contributed by atoms with Crippen LogP contribution in [0.3, 0.4) is 0 Å². The smallest absolute Gasteiger partial charge is 0.271 e. The second-order valence-electron chi connectivity index (χ2n) is 6.69. The summed E-state index contributed by atoms with van der Waals surface area (Å²) in [6.45, 7) is 4.64. The second-order valence-corrected chi connectivity index (χ2v) is 7.98. The highest BCUT2D eigenvalue weighted by Gasteiger charge is 2.13. The van der Waals surface area contributed by atoms with E-state index in [-0.39, 0.29) is 5.91 Å². The molecular weight excluding hydrogens is 480 g/mol. The number of nitrogens with one attached hydrogen (secondary N) is 1. The Hall–Kier alpha value is -2.83. The number of ether oxygens (including phenoxy) is 2. The van der Waals surface area contributed by atoms with Gasteiger partial charge in [-0.25, -0.2) is 5.43 Å². The Labute approximate surface area is 195 Å². The quantitative estimate of drug-likeness (QED) is 0.297. The van der Waals surface area contributed by atoms with Crippen LogP contribution in [-0.2, 0) is 6.61 Å². The number of nitrogens with zero attached hydrogens (tertiary/aromatic N) is 1. The zero-order valence-corrected chi connectivity index (χ0v) is 19.5. The fraction of sp³-hybridized carbons (Fsp3) is 0.167. The van der Waals surface area contributed by atoms with E-state index in [2.05, 4.69) is 26.5 Å². The van der Waals surface area contributed by atoms with Crippen molar-refractivity contribution in [1.29, 1.82) is 0 Å². The first-order chi connectivity index (χ1) is 15.0. The highest BCUT2D eigenvalue weighted by molar-refractivity contribution is 9.10. The SMILES string of the molecule is CCOc1cc(/C=N/NC(=O)c2ccccc2C)cc(Br)c1OCc1ccc(Cl)cc1. The van der Waals surface area contributed by atoms with Gasteiger partial charge in [0.1, 0.15) is 6.61 Å². The van der Waals surface area contributed by atoms with Crippen LogP contribution in [0.25, 0.3) is 0 Å². The molecule has 0 aliphatic rings. The van der Waals surface area contributed by atoms with Gasteiger partial charge in [0.05, 0.1) is 17.3 Å². The van der Waals surface area contributed by atoms with E-state index < -0.39 is 0 Å². The maximum Gasteiger partial charge on any atom is 0.271 e. The van der Waals surface area contributed by atoms with E-state index in [1.807, 2.05) is 68.4 Å². The summed E-state index contributed by atoms with van der Waals surface area (Å²) in [5, 5.41) is 4.76. The third kappa shape index (κ3) is 6.32. The van der Waals surface area contributed by atoms with E-state index in [4.69, 9.17) is 21.1 Å². The molecule has 0 unspecified atom stereocenters. The van der Waals surface area contributed by atoms with Crippen LogP contribution in [0.15, 0.2) is 70.2 Å². The summed E-state index contributed by atoms with van der Waals surface area (Å²) >= 11 is 9.48. The van der Waals surface area contributed by atoms with Crippen LogP contribution in [-0.4, -0.2) is 18.7 Å². The molecule has 0 saturated carbocycles. The standard InChI is InChI=1S/C24H22BrClN2O3/c1-3-30-22-13-18(14-27-28-24(29)20-7-5-4-6-16(20)2)12-21(25)23(22)31-15-17-8-10-19(26)11-9-17/h4-14H,3,15H2,1-2H3,(H,28,29)/b27-14+. The van der Waals surface area contributed by atoms with Gasteiger partial charge in [-0.15, -0.1) is 0 Å². The highest BCUT2D eigenvalue weighted by Crippen LogP contribution is 2.37. The van der Waals surface area contributed by atoms with Crippen molar-refractivity contribution in [1.82, 2.24) is 5.43 Å². The average Bonchev–Trinajstić information content (AvgIpc) is 2.75. The first-order valence-corrected chi connectivity index (χ1v) is 10.9. The lowest BCUT2D eigenvalue weighted by molar-refractivity contribution is 0.0954. The van der Waals surface area contributed by atoms with Gasteiger partial charge in [0, 0.05) is 10.6 Å². The number of halogens is 2. The predicted octanol–water partition coefficient (Wildman–Crippen LogP) is 6.15. The van der Waals surface area contributed by atoms with E-state index >= 15 is 0 Å². The summed E-state index contributed by atoms with van der Waals surface area (Å²) in [4.78, 5) is 12.3. The molecule has 1 amide bonds. The number of hydrogen-bond donors (Lipinski definition) is 1. The van der Waals surface area contributed by atoms with Crippen molar-refractivity contribution in [2.24, 2.45) is 5.10 Å². The minimum Gasteiger partial charge on any atom is -0.490 e. The van der Waals surface area contributed by atoms with Crippen LogP contribution < -0.4 is 14.9 Å². The molecular formula is C24H22BrClN2O3. The molecule has 0 aliphatic heterocycles. The zero-order chi connectivity index (χ0) is 22.2. The van der Waals surface area contributed by atoms with Crippen LogP contribution in [0.5, 0.6) is 11.5 Å². The summed E-state index contributed by atoms with van der Waals surface area (Å²) in [5.74, 6) is 0.914. The number of rotatable bonds is 8. The Balaban J connectivity index is 1.73. The lowest BCUT2D eigenvalue weighted by atomic mass is 10.1. The molecule has 0 radical (unpaired) electrons. The lowest BCUT2D eigenvalue weighted by Gasteiger charge is -2.14. The van der Waals surface area contributed by atoms with Gasteiger partial charge in [-0.2, -0.15) is 5.10 Å². The molecule has 0 aromatic heterocycles. The third-order valence-electron chi connectivity index (χ3n) is 4.40. The van der Waals surface area contributed by atoms with Crippen molar-refractivity contribution in [3.05, 3.63) is 92.4 Å². The van der Waals surface area contributed by atoms with Gasteiger partial charge in [0.25, 0.3) is 5.91 Å².